The van der Waals surface area contributed by atoms with Crippen LogP contribution < -0.4 is 0 Å². The van der Waals surface area contributed by atoms with Crippen molar-refractivity contribution in [1.29, 1.82) is 0 Å². The molecule has 8 heteroatoms. The number of rotatable bonds is 7. The van der Waals surface area contributed by atoms with Crippen LogP contribution in [0.25, 0.3) is 0 Å². The SMILES string of the molecule is COCCc1c(C(=O)O)nnn1CCn1ccnc1. The number of hydrogen-bond donors (Lipinski definition) is 1. The Morgan fingerprint density at radius 3 is 2.95 bits per heavy atom. The predicted molar refractivity (Wildman–Crippen MR) is 64.8 cm³/mol. The summed E-state index contributed by atoms with van der Waals surface area (Å²) >= 11 is 0. The normalized spacial score (nSPS) is 10.8. The van der Waals surface area contributed by atoms with E-state index in [1.54, 1.807) is 24.3 Å². The Morgan fingerprint density at radius 1 is 1.47 bits per heavy atom. The zero-order chi connectivity index (χ0) is 13.7. The van der Waals surface area contributed by atoms with Crippen molar-refractivity contribution in [3.63, 3.8) is 0 Å². The molecular weight excluding hydrogens is 250 g/mol. The molecule has 2 aromatic heterocycles. The average Bonchev–Trinajstić information content (AvgIpc) is 3.03. The highest BCUT2D eigenvalue weighted by Gasteiger charge is 2.18. The summed E-state index contributed by atoms with van der Waals surface area (Å²) in [4.78, 5) is 15.0. The zero-order valence-corrected chi connectivity index (χ0v) is 10.6. The second-order valence-corrected chi connectivity index (χ2v) is 3.96. The second kappa shape index (κ2) is 6.10. The molecule has 0 aliphatic rings. The van der Waals surface area contributed by atoms with Crippen LogP contribution in [-0.4, -0.2) is 49.3 Å². The van der Waals surface area contributed by atoms with E-state index in [-0.39, 0.29) is 5.69 Å². The van der Waals surface area contributed by atoms with E-state index in [0.717, 1.165) is 0 Å². The van der Waals surface area contributed by atoms with Gasteiger partial charge in [-0.15, -0.1) is 5.10 Å². The third-order valence-electron chi connectivity index (χ3n) is 2.71. The van der Waals surface area contributed by atoms with Crippen molar-refractivity contribution >= 4 is 5.97 Å². The van der Waals surface area contributed by atoms with Gasteiger partial charge in [-0.1, -0.05) is 5.21 Å². The van der Waals surface area contributed by atoms with Gasteiger partial charge in [-0.25, -0.2) is 14.5 Å². The molecule has 0 aromatic carbocycles. The molecule has 0 bridgehead atoms. The van der Waals surface area contributed by atoms with E-state index in [1.807, 2.05) is 10.8 Å². The van der Waals surface area contributed by atoms with Crippen LogP contribution in [0.2, 0.25) is 0 Å². The Bertz CT molecular complexity index is 535. The zero-order valence-electron chi connectivity index (χ0n) is 10.6. The summed E-state index contributed by atoms with van der Waals surface area (Å²) in [6, 6.07) is 0. The first-order valence-electron chi connectivity index (χ1n) is 5.82. The molecule has 0 radical (unpaired) electrons. The van der Waals surface area contributed by atoms with Crippen LogP contribution >= 0.6 is 0 Å². The number of carbonyl (C=O) groups is 1. The standard InChI is InChI=1S/C11H15N5O3/c1-19-7-2-9-10(11(17)18)13-14-16(9)6-5-15-4-3-12-8-15/h3-4,8H,2,5-7H2,1H3,(H,17,18). The molecular formula is C11H15N5O3. The van der Waals surface area contributed by atoms with Gasteiger partial charge in [0.2, 0.25) is 0 Å². The lowest BCUT2D eigenvalue weighted by molar-refractivity contribution is 0.0688. The molecule has 2 heterocycles. The number of carboxylic acid groups (broad SMARTS) is 1. The lowest BCUT2D eigenvalue weighted by Gasteiger charge is -2.07. The Labute approximate surface area is 109 Å². The highest BCUT2D eigenvalue weighted by Crippen LogP contribution is 2.07. The Balaban J connectivity index is 2.12. The number of nitrogens with zero attached hydrogens (tertiary/aromatic N) is 5. The maximum absolute atomic E-state index is 11.1. The van der Waals surface area contributed by atoms with Crippen LogP contribution in [0.5, 0.6) is 0 Å². The summed E-state index contributed by atoms with van der Waals surface area (Å²) in [6.45, 7) is 1.62. The molecule has 0 saturated heterocycles. The molecule has 1 N–H and O–H groups in total. The number of ether oxygens (including phenoxy) is 1. The molecule has 0 saturated carbocycles. The Morgan fingerprint density at radius 2 is 2.32 bits per heavy atom. The van der Waals surface area contributed by atoms with Crippen LogP contribution in [0.15, 0.2) is 18.7 Å². The summed E-state index contributed by atoms with van der Waals surface area (Å²) in [5.41, 5.74) is 0.567. The van der Waals surface area contributed by atoms with Crippen molar-refractivity contribution < 1.29 is 14.6 Å². The van der Waals surface area contributed by atoms with Crippen molar-refractivity contribution in [3.8, 4) is 0 Å². The molecule has 19 heavy (non-hydrogen) atoms. The minimum atomic E-state index is -1.07. The van der Waals surface area contributed by atoms with Gasteiger partial charge in [0.05, 0.1) is 25.2 Å². The highest BCUT2D eigenvalue weighted by molar-refractivity contribution is 5.86. The number of methoxy groups -OCH3 is 1. The molecule has 2 aromatic rings. The molecule has 0 spiro atoms. The van der Waals surface area contributed by atoms with Crippen molar-refractivity contribution in [3.05, 3.63) is 30.1 Å². The van der Waals surface area contributed by atoms with Crippen LogP contribution in [0.1, 0.15) is 16.2 Å². The molecule has 0 amide bonds. The summed E-state index contributed by atoms with van der Waals surface area (Å²) in [5.74, 6) is -1.07. The first-order valence-corrected chi connectivity index (χ1v) is 5.82. The minimum absolute atomic E-state index is 0.0114. The number of aromatic carboxylic acids is 1. The van der Waals surface area contributed by atoms with Gasteiger partial charge >= 0.3 is 5.97 Å². The first kappa shape index (κ1) is 13.2. The van der Waals surface area contributed by atoms with E-state index in [1.165, 1.54) is 0 Å². The quantitative estimate of drug-likeness (QED) is 0.760. The Kier molecular flexibility index (Phi) is 4.24. The van der Waals surface area contributed by atoms with E-state index in [9.17, 15) is 4.79 Å². The van der Waals surface area contributed by atoms with Gasteiger partial charge in [0.15, 0.2) is 5.69 Å². The lowest BCUT2D eigenvalue weighted by atomic mass is 10.2. The summed E-state index contributed by atoms with van der Waals surface area (Å²) in [5, 5.41) is 16.6. The van der Waals surface area contributed by atoms with Crippen molar-refractivity contribution in [2.45, 2.75) is 19.5 Å². The molecule has 0 aliphatic carbocycles. The van der Waals surface area contributed by atoms with Gasteiger partial charge in [0, 0.05) is 32.5 Å². The summed E-state index contributed by atoms with van der Waals surface area (Å²) in [7, 11) is 1.57. The molecule has 0 aliphatic heterocycles. The van der Waals surface area contributed by atoms with Gasteiger partial charge in [0.25, 0.3) is 0 Å². The summed E-state index contributed by atoms with van der Waals surface area (Å²) in [6.07, 6.45) is 5.69. The van der Waals surface area contributed by atoms with E-state index in [2.05, 4.69) is 15.3 Å². The van der Waals surface area contributed by atoms with Crippen molar-refractivity contribution in [1.82, 2.24) is 24.5 Å². The summed E-state index contributed by atoms with van der Waals surface area (Å²) < 4.78 is 8.47. The molecule has 102 valence electrons. The molecule has 0 atom stereocenters. The van der Waals surface area contributed by atoms with E-state index >= 15 is 0 Å². The fourth-order valence-electron chi connectivity index (χ4n) is 1.75. The number of carboxylic acids is 1. The third-order valence-corrected chi connectivity index (χ3v) is 2.71. The van der Waals surface area contributed by atoms with Crippen LogP contribution in [0.3, 0.4) is 0 Å². The van der Waals surface area contributed by atoms with Crippen molar-refractivity contribution in [2.24, 2.45) is 0 Å². The second-order valence-electron chi connectivity index (χ2n) is 3.96. The first-order chi connectivity index (χ1) is 9.22. The maximum atomic E-state index is 11.1. The number of imidazole rings is 1. The van der Waals surface area contributed by atoms with Crippen LogP contribution in [0.4, 0.5) is 0 Å². The fourth-order valence-corrected chi connectivity index (χ4v) is 1.75. The Hall–Kier alpha value is -2.22. The number of hydrogen-bond acceptors (Lipinski definition) is 5. The van der Waals surface area contributed by atoms with Gasteiger partial charge < -0.3 is 14.4 Å². The molecule has 0 unspecified atom stereocenters. The average molecular weight is 265 g/mol. The number of aromatic nitrogens is 5. The smallest absolute Gasteiger partial charge is 0.358 e. The lowest BCUT2D eigenvalue weighted by Crippen LogP contribution is -2.14. The maximum Gasteiger partial charge on any atom is 0.358 e. The van der Waals surface area contributed by atoms with E-state index in [4.69, 9.17) is 9.84 Å². The third kappa shape index (κ3) is 3.16. The molecule has 8 nitrogen and oxygen atoms in total. The largest absolute Gasteiger partial charge is 0.476 e. The van der Waals surface area contributed by atoms with Crippen LogP contribution in [0, 0.1) is 0 Å². The van der Waals surface area contributed by atoms with Crippen LogP contribution in [-0.2, 0) is 24.2 Å². The highest BCUT2D eigenvalue weighted by atomic mass is 16.5. The monoisotopic (exact) mass is 265 g/mol. The van der Waals surface area contributed by atoms with Crippen molar-refractivity contribution in [2.75, 3.05) is 13.7 Å². The molecule has 2 rings (SSSR count). The predicted octanol–water partition coefficient (Wildman–Crippen LogP) is 0.0619. The topological polar surface area (TPSA) is 95.1 Å². The van der Waals surface area contributed by atoms with E-state index in [0.29, 0.717) is 31.8 Å². The van der Waals surface area contributed by atoms with Gasteiger partial charge in [-0.2, -0.15) is 0 Å². The molecule has 0 fully saturated rings. The van der Waals surface area contributed by atoms with Gasteiger partial charge in [-0.3, -0.25) is 0 Å². The fraction of sp³-hybridized carbons (Fsp3) is 0.455. The number of aryl methyl sites for hydroxylation is 2. The van der Waals surface area contributed by atoms with Gasteiger partial charge in [0.1, 0.15) is 0 Å². The van der Waals surface area contributed by atoms with Gasteiger partial charge in [-0.05, 0) is 0 Å². The van der Waals surface area contributed by atoms with E-state index < -0.39 is 5.97 Å². The minimum Gasteiger partial charge on any atom is -0.476 e.